The Morgan fingerprint density at radius 3 is 2.79 bits per heavy atom. The third-order valence-electron chi connectivity index (χ3n) is 1.75. The lowest BCUT2D eigenvalue weighted by Gasteiger charge is -2.11. The first-order valence-corrected chi connectivity index (χ1v) is 6.18. The number of aryl methyl sites for hydroxylation is 1. The van der Waals surface area contributed by atoms with Gasteiger partial charge in [-0.05, 0) is 30.7 Å². The number of aliphatic hydroxyl groups is 1. The highest BCUT2D eigenvalue weighted by Gasteiger charge is 2.04. The molecule has 2 nitrogen and oxygen atoms in total. The average Bonchev–Trinajstić information content (AvgIpc) is 2.16. The molecule has 1 N–H and O–H groups in total. The van der Waals surface area contributed by atoms with Crippen molar-refractivity contribution in [2.24, 2.45) is 0 Å². The molecule has 0 aromatic heterocycles. The van der Waals surface area contributed by atoms with Crippen LogP contribution in [-0.4, -0.2) is 23.1 Å². The van der Waals surface area contributed by atoms with Crippen LogP contribution in [0.2, 0.25) is 0 Å². The number of aliphatic hydroxyl groups excluding tert-OH is 1. The summed E-state index contributed by atoms with van der Waals surface area (Å²) < 4.78 is 6.47. The molecule has 78 valence electrons. The van der Waals surface area contributed by atoms with E-state index < -0.39 is 6.10 Å². The Balaban J connectivity index is 2.59. The van der Waals surface area contributed by atoms with E-state index >= 15 is 0 Å². The zero-order chi connectivity index (χ0) is 10.6. The number of rotatable bonds is 4. The molecule has 0 fully saturated rings. The van der Waals surface area contributed by atoms with Crippen LogP contribution in [0.3, 0.4) is 0 Å². The van der Waals surface area contributed by atoms with Crippen LogP contribution in [0, 0.1) is 6.92 Å². The summed E-state index contributed by atoms with van der Waals surface area (Å²) in [7, 11) is 0. The van der Waals surface area contributed by atoms with Crippen LogP contribution in [0.15, 0.2) is 22.7 Å². The molecule has 0 radical (unpaired) electrons. The summed E-state index contributed by atoms with van der Waals surface area (Å²) in [5.74, 6) is 0.813. The molecule has 0 amide bonds. The van der Waals surface area contributed by atoms with Crippen LogP contribution in [0.25, 0.3) is 0 Å². The fourth-order valence-electron chi connectivity index (χ4n) is 1.01. The van der Waals surface area contributed by atoms with E-state index in [1.54, 1.807) is 0 Å². The predicted molar refractivity (Wildman–Crippen MR) is 64.2 cm³/mol. The van der Waals surface area contributed by atoms with Crippen LogP contribution in [-0.2, 0) is 0 Å². The molecule has 1 rings (SSSR count). The van der Waals surface area contributed by atoms with Crippen molar-refractivity contribution in [3.8, 4) is 5.75 Å². The molecule has 1 aromatic rings. The summed E-state index contributed by atoms with van der Waals surface area (Å²) in [5.41, 5.74) is 1.06. The smallest absolute Gasteiger partial charge is 0.122 e. The van der Waals surface area contributed by atoms with E-state index in [2.05, 4.69) is 31.9 Å². The fraction of sp³-hybridized carbons (Fsp3) is 0.400. The Morgan fingerprint density at radius 2 is 2.21 bits per heavy atom. The quantitative estimate of drug-likeness (QED) is 0.863. The molecule has 0 bridgehead atoms. The molecule has 1 atom stereocenters. The molecule has 0 aliphatic rings. The number of ether oxygens (including phenoxy) is 1. The van der Waals surface area contributed by atoms with Gasteiger partial charge in [0, 0.05) is 9.80 Å². The molecule has 0 spiro atoms. The van der Waals surface area contributed by atoms with E-state index in [1.165, 1.54) is 0 Å². The Morgan fingerprint density at radius 1 is 1.50 bits per heavy atom. The second-order valence-corrected chi connectivity index (χ2v) is 4.59. The number of hydrogen-bond donors (Lipinski definition) is 1. The van der Waals surface area contributed by atoms with E-state index in [9.17, 15) is 5.11 Å². The molecule has 1 aromatic carbocycles. The van der Waals surface area contributed by atoms with Gasteiger partial charge >= 0.3 is 0 Å². The molecule has 0 saturated heterocycles. The van der Waals surface area contributed by atoms with E-state index in [0.717, 1.165) is 15.8 Å². The third kappa shape index (κ3) is 3.59. The highest BCUT2D eigenvalue weighted by atomic mass is 79.9. The Hall–Kier alpha value is -0.0600. The molecular formula is C10H12Br2O2. The van der Waals surface area contributed by atoms with Gasteiger partial charge in [0.15, 0.2) is 0 Å². The first-order chi connectivity index (χ1) is 6.63. The van der Waals surface area contributed by atoms with E-state index in [4.69, 9.17) is 4.74 Å². The van der Waals surface area contributed by atoms with Crippen molar-refractivity contribution < 1.29 is 9.84 Å². The van der Waals surface area contributed by atoms with Gasteiger partial charge in [0.25, 0.3) is 0 Å². The lowest BCUT2D eigenvalue weighted by atomic mass is 10.2. The van der Waals surface area contributed by atoms with Crippen LogP contribution in [0.1, 0.15) is 5.56 Å². The van der Waals surface area contributed by atoms with Crippen LogP contribution < -0.4 is 4.74 Å². The van der Waals surface area contributed by atoms with Crippen LogP contribution >= 0.6 is 31.9 Å². The third-order valence-corrected chi connectivity index (χ3v) is 2.99. The predicted octanol–water partition coefficient (Wildman–Crippen LogP) is 2.89. The Labute approximate surface area is 101 Å². The van der Waals surface area contributed by atoms with Gasteiger partial charge in [-0.15, -0.1) is 0 Å². The molecule has 0 aliphatic heterocycles. The fourth-order valence-corrected chi connectivity index (χ4v) is 1.67. The van der Waals surface area contributed by atoms with E-state index in [0.29, 0.717) is 11.9 Å². The van der Waals surface area contributed by atoms with Gasteiger partial charge in [-0.25, -0.2) is 0 Å². The largest absolute Gasteiger partial charge is 0.491 e. The van der Waals surface area contributed by atoms with Gasteiger partial charge in [0.1, 0.15) is 12.4 Å². The maximum absolute atomic E-state index is 9.28. The van der Waals surface area contributed by atoms with Crippen LogP contribution in [0.5, 0.6) is 5.75 Å². The topological polar surface area (TPSA) is 29.5 Å². The maximum Gasteiger partial charge on any atom is 0.122 e. The molecular weight excluding hydrogens is 312 g/mol. The van der Waals surface area contributed by atoms with Crippen molar-refractivity contribution >= 4 is 31.9 Å². The van der Waals surface area contributed by atoms with Gasteiger partial charge in [-0.1, -0.05) is 31.9 Å². The Bertz CT molecular complexity index is 302. The minimum Gasteiger partial charge on any atom is -0.491 e. The molecule has 14 heavy (non-hydrogen) atoms. The molecule has 0 heterocycles. The van der Waals surface area contributed by atoms with Crippen LogP contribution in [0.4, 0.5) is 0 Å². The maximum atomic E-state index is 9.28. The molecule has 4 heteroatoms. The number of halogens is 2. The van der Waals surface area contributed by atoms with Gasteiger partial charge in [0.05, 0.1) is 6.10 Å². The SMILES string of the molecule is Cc1cc(Br)ccc1OCC(O)CBr. The number of alkyl halides is 1. The normalized spacial score (nSPS) is 12.6. The number of hydrogen-bond acceptors (Lipinski definition) is 2. The summed E-state index contributed by atoms with van der Waals surface area (Å²) in [4.78, 5) is 0. The summed E-state index contributed by atoms with van der Waals surface area (Å²) >= 11 is 6.56. The van der Waals surface area contributed by atoms with Gasteiger partial charge in [-0.3, -0.25) is 0 Å². The first kappa shape index (κ1) is 12.0. The summed E-state index contributed by atoms with van der Waals surface area (Å²) in [6.45, 7) is 2.29. The number of benzene rings is 1. The summed E-state index contributed by atoms with van der Waals surface area (Å²) in [6, 6.07) is 5.79. The first-order valence-electron chi connectivity index (χ1n) is 4.26. The van der Waals surface area contributed by atoms with Crippen molar-refractivity contribution in [1.82, 2.24) is 0 Å². The highest BCUT2D eigenvalue weighted by Crippen LogP contribution is 2.22. The van der Waals surface area contributed by atoms with Crippen molar-refractivity contribution in [2.75, 3.05) is 11.9 Å². The van der Waals surface area contributed by atoms with E-state index in [1.807, 2.05) is 25.1 Å². The molecule has 1 unspecified atom stereocenters. The second kappa shape index (κ2) is 5.73. The van der Waals surface area contributed by atoms with E-state index in [-0.39, 0.29) is 0 Å². The molecule has 0 aliphatic carbocycles. The van der Waals surface area contributed by atoms with Crippen molar-refractivity contribution in [2.45, 2.75) is 13.0 Å². The zero-order valence-electron chi connectivity index (χ0n) is 7.84. The Kier molecular flexibility index (Phi) is 4.92. The van der Waals surface area contributed by atoms with Crippen molar-refractivity contribution in [3.05, 3.63) is 28.2 Å². The zero-order valence-corrected chi connectivity index (χ0v) is 11.0. The average molecular weight is 324 g/mol. The minimum atomic E-state index is -0.460. The standard InChI is InChI=1S/C10H12Br2O2/c1-7-4-8(12)2-3-10(7)14-6-9(13)5-11/h2-4,9,13H,5-6H2,1H3. The second-order valence-electron chi connectivity index (χ2n) is 3.03. The monoisotopic (exact) mass is 322 g/mol. The van der Waals surface area contributed by atoms with Crippen molar-refractivity contribution in [1.29, 1.82) is 0 Å². The van der Waals surface area contributed by atoms with Gasteiger partial charge in [-0.2, -0.15) is 0 Å². The summed E-state index contributed by atoms with van der Waals surface area (Å²) in [6.07, 6.45) is -0.460. The lowest BCUT2D eigenvalue weighted by Crippen LogP contribution is -2.18. The minimum absolute atomic E-state index is 0.313. The van der Waals surface area contributed by atoms with Gasteiger partial charge < -0.3 is 9.84 Å². The lowest BCUT2D eigenvalue weighted by molar-refractivity contribution is 0.127. The van der Waals surface area contributed by atoms with Crippen molar-refractivity contribution in [3.63, 3.8) is 0 Å². The highest BCUT2D eigenvalue weighted by molar-refractivity contribution is 9.10. The van der Waals surface area contributed by atoms with Gasteiger partial charge in [0.2, 0.25) is 0 Å². The molecule has 0 saturated carbocycles. The summed E-state index contributed by atoms with van der Waals surface area (Å²) in [5, 5.41) is 9.81.